The first kappa shape index (κ1) is 14.4. The van der Waals surface area contributed by atoms with Crippen LogP contribution in [0.2, 0.25) is 5.15 Å². The fourth-order valence-corrected chi connectivity index (χ4v) is 3.80. The van der Waals surface area contributed by atoms with Crippen molar-refractivity contribution in [2.75, 3.05) is 31.1 Å². The topological polar surface area (TPSA) is 32.3 Å². The van der Waals surface area contributed by atoms with Crippen LogP contribution in [0.1, 0.15) is 29.5 Å². The number of nitrogens with zero attached hydrogens (tertiary/aromatic N) is 4. The Bertz CT molecular complexity index is 634. The van der Waals surface area contributed by atoms with Crippen LogP contribution in [0.4, 0.5) is 5.82 Å². The first-order chi connectivity index (χ1) is 10.8. The number of aromatic nitrogens is 2. The molecule has 1 saturated carbocycles. The number of halogens is 1. The molecule has 2 aromatic heterocycles. The quantitative estimate of drug-likeness (QED) is 0.802. The van der Waals surface area contributed by atoms with Crippen LogP contribution in [0.25, 0.3) is 0 Å². The predicted molar refractivity (Wildman–Crippen MR) is 90.8 cm³/mol. The zero-order valence-corrected chi connectivity index (χ0v) is 14.0. The summed E-state index contributed by atoms with van der Waals surface area (Å²) in [5.41, 5.74) is 0. The number of hydrogen-bond acceptors (Lipinski definition) is 5. The second-order valence-electron chi connectivity index (χ2n) is 6.02. The molecular formula is C16H19ClN4S. The van der Waals surface area contributed by atoms with Crippen molar-refractivity contribution in [1.82, 2.24) is 14.9 Å². The largest absolute Gasteiger partial charge is 0.354 e. The smallest absolute Gasteiger partial charge is 0.135 e. The lowest BCUT2D eigenvalue weighted by molar-refractivity contribution is 0.251. The van der Waals surface area contributed by atoms with Gasteiger partial charge in [0, 0.05) is 49.6 Å². The van der Waals surface area contributed by atoms with Gasteiger partial charge in [0.15, 0.2) is 0 Å². The number of rotatable bonds is 4. The fraction of sp³-hybridized carbons (Fsp3) is 0.500. The average Bonchev–Trinajstić information content (AvgIpc) is 3.26. The van der Waals surface area contributed by atoms with Gasteiger partial charge in [-0.3, -0.25) is 4.90 Å². The molecule has 0 aromatic carbocycles. The van der Waals surface area contributed by atoms with Crippen LogP contribution in [0.5, 0.6) is 0 Å². The molecule has 2 fully saturated rings. The van der Waals surface area contributed by atoms with Gasteiger partial charge in [0.25, 0.3) is 0 Å². The van der Waals surface area contributed by atoms with E-state index >= 15 is 0 Å². The van der Waals surface area contributed by atoms with Crippen molar-refractivity contribution < 1.29 is 0 Å². The molecule has 6 heteroatoms. The van der Waals surface area contributed by atoms with Crippen LogP contribution in [0.3, 0.4) is 0 Å². The van der Waals surface area contributed by atoms with Gasteiger partial charge in [-0.05, 0) is 24.3 Å². The van der Waals surface area contributed by atoms with Crippen LogP contribution in [0.15, 0.2) is 23.6 Å². The summed E-state index contributed by atoms with van der Waals surface area (Å²) in [7, 11) is 0. The van der Waals surface area contributed by atoms with E-state index in [-0.39, 0.29) is 0 Å². The highest BCUT2D eigenvalue weighted by atomic mass is 35.5. The maximum Gasteiger partial charge on any atom is 0.135 e. The highest BCUT2D eigenvalue weighted by Gasteiger charge is 2.28. The molecule has 1 aliphatic carbocycles. The van der Waals surface area contributed by atoms with Crippen LogP contribution < -0.4 is 4.90 Å². The minimum absolute atomic E-state index is 0.539. The summed E-state index contributed by atoms with van der Waals surface area (Å²) in [4.78, 5) is 15.4. The number of anilines is 1. The predicted octanol–water partition coefficient (Wildman–Crippen LogP) is 3.39. The molecule has 4 nitrogen and oxygen atoms in total. The van der Waals surface area contributed by atoms with Gasteiger partial charge in [-0.25, -0.2) is 9.97 Å². The van der Waals surface area contributed by atoms with Gasteiger partial charge < -0.3 is 4.90 Å². The van der Waals surface area contributed by atoms with Crippen molar-refractivity contribution in [1.29, 1.82) is 0 Å². The van der Waals surface area contributed by atoms with Crippen molar-refractivity contribution in [3.05, 3.63) is 39.4 Å². The van der Waals surface area contributed by atoms with Crippen molar-refractivity contribution in [2.45, 2.75) is 25.3 Å². The molecule has 4 rings (SSSR count). The highest BCUT2D eigenvalue weighted by molar-refractivity contribution is 7.09. The molecule has 0 N–H and O–H groups in total. The second-order valence-corrected chi connectivity index (χ2v) is 7.44. The zero-order chi connectivity index (χ0) is 14.9. The number of piperazine rings is 1. The lowest BCUT2D eigenvalue weighted by Crippen LogP contribution is -2.46. The molecule has 0 radical (unpaired) electrons. The van der Waals surface area contributed by atoms with E-state index in [9.17, 15) is 0 Å². The van der Waals surface area contributed by atoms with Crippen LogP contribution in [-0.2, 0) is 6.54 Å². The van der Waals surface area contributed by atoms with Crippen LogP contribution in [-0.4, -0.2) is 41.0 Å². The Morgan fingerprint density at radius 3 is 2.68 bits per heavy atom. The minimum Gasteiger partial charge on any atom is -0.354 e. The molecule has 0 atom stereocenters. The summed E-state index contributed by atoms with van der Waals surface area (Å²) in [6.45, 7) is 5.20. The lowest BCUT2D eigenvalue weighted by Gasteiger charge is -2.35. The number of thiophene rings is 1. The molecule has 0 amide bonds. The summed E-state index contributed by atoms with van der Waals surface area (Å²) >= 11 is 8.01. The highest BCUT2D eigenvalue weighted by Crippen LogP contribution is 2.39. The van der Waals surface area contributed by atoms with Gasteiger partial charge in [0.1, 0.15) is 16.8 Å². The molecule has 2 aliphatic rings. The monoisotopic (exact) mass is 334 g/mol. The summed E-state index contributed by atoms with van der Waals surface area (Å²) in [6.07, 6.45) is 2.41. The third-order valence-corrected chi connectivity index (χ3v) is 5.35. The van der Waals surface area contributed by atoms with E-state index in [4.69, 9.17) is 16.6 Å². The average molecular weight is 335 g/mol. The fourth-order valence-electron chi connectivity index (χ4n) is 2.87. The van der Waals surface area contributed by atoms with Gasteiger partial charge >= 0.3 is 0 Å². The number of hydrogen-bond donors (Lipinski definition) is 0. The van der Waals surface area contributed by atoms with E-state index in [0.717, 1.165) is 44.4 Å². The lowest BCUT2D eigenvalue weighted by atomic mass is 10.3. The van der Waals surface area contributed by atoms with Gasteiger partial charge in [0.05, 0.1) is 0 Å². The summed E-state index contributed by atoms with van der Waals surface area (Å²) in [6, 6.07) is 6.24. The SMILES string of the molecule is Clc1cc(N2CCN(Cc3cccs3)CC2)nc(C2CC2)n1. The first-order valence-corrected chi connectivity index (χ1v) is 9.08. The maximum atomic E-state index is 6.18. The van der Waals surface area contributed by atoms with E-state index in [1.807, 2.05) is 17.4 Å². The first-order valence-electron chi connectivity index (χ1n) is 7.82. The van der Waals surface area contributed by atoms with Gasteiger partial charge in [-0.1, -0.05) is 17.7 Å². The summed E-state index contributed by atoms with van der Waals surface area (Å²) in [5.74, 6) is 2.47. The second kappa shape index (κ2) is 6.14. The van der Waals surface area contributed by atoms with E-state index in [2.05, 4.69) is 32.3 Å². The molecule has 2 aromatic rings. The Hall–Kier alpha value is -1.17. The summed E-state index contributed by atoms with van der Waals surface area (Å²) in [5, 5.41) is 2.72. The molecule has 0 spiro atoms. The standard InChI is InChI=1S/C16H19ClN4S/c17-14-10-15(19-16(18-14)12-3-4-12)21-7-5-20(6-8-21)11-13-2-1-9-22-13/h1-2,9-10,12H,3-8,11H2. The van der Waals surface area contributed by atoms with Crippen molar-refractivity contribution in [3.8, 4) is 0 Å². The Labute approximate surface area is 139 Å². The van der Waals surface area contributed by atoms with Crippen LogP contribution >= 0.6 is 22.9 Å². The normalized spacial score (nSPS) is 19.6. The Kier molecular flexibility index (Phi) is 4.03. The van der Waals surface area contributed by atoms with E-state index in [0.29, 0.717) is 11.1 Å². The third-order valence-electron chi connectivity index (χ3n) is 4.30. The zero-order valence-electron chi connectivity index (χ0n) is 12.4. The van der Waals surface area contributed by atoms with Gasteiger partial charge in [-0.2, -0.15) is 0 Å². The molecule has 3 heterocycles. The third kappa shape index (κ3) is 3.26. The maximum absolute atomic E-state index is 6.18. The van der Waals surface area contributed by atoms with Crippen molar-refractivity contribution >= 4 is 28.8 Å². The van der Waals surface area contributed by atoms with Gasteiger partial charge in [-0.15, -0.1) is 11.3 Å². The molecule has 1 aliphatic heterocycles. The Morgan fingerprint density at radius 2 is 2.00 bits per heavy atom. The van der Waals surface area contributed by atoms with E-state index in [1.165, 1.54) is 17.7 Å². The molecule has 116 valence electrons. The molecule has 0 bridgehead atoms. The minimum atomic E-state index is 0.539. The Morgan fingerprint density at radius 1 is 1.18 bits per heavy atom. The van der Waals surface area contributed by atoms with Crippen molar-refractivity contribution in [2.24, 2.45) is 0 Å². The molecule has 1 saturated heterocycles. The molecule has 0 unspecified atom stereocenters. The molecule has 22 heavy (non-hydrogen) atoms. The van der Waals surface area contributed by atoms with E-state index in [1.54, 1.807) is 0 Å². The van der Waals surface area contributed by atoms with Crippen molar-refractivity contribution in [3.63, 3.8) is 0 Å². The van der Waals surface area contributed by atoms with Crippen LogP contribution in [0, 0.1) is 0 Å². The summed E-state index contributed by atoms with van der Waals surface area (Å²) < 4.78 is 0. The molecular weight excluding hydrogens is 316 g/mol. The van der Waals surface area contributed by atoms with Gasteiger partial charge in [0.2, 0.25) is 0 Å². The Balaban J connectivity index is 1.40. The van der Waals surface area contributed by atoms with E-state index < -0.39 is 0 Å².